The Hall–Kier alpha value is -1.62. The van der Waals surface area contributed by atoms with E-state index in [1.807, 2.05) is 0 Å². The van der Waals surface area contributed by atoms with E-state index in [1.54, 1.807) is 6.07 Å². The fourth-order valence-corrected chi connectivity index (χ4v) is 3.07. The predicted octanol–water partition coefficient (Wildman–Crippen LogP) is 3.80. The zero-order chi connectivity index (χ0) is 15.6. The topological polar surface area (TPSA) is 72.2 Å². The molecule has 6 heteroatoms. The van der Waals surface area contributed by atoms with Gasteiger partial charge in [0.25, 0.3) is 5.91 Å². The minimum absolute atomic E-state index is 0.0155. The van der Waals surface area contributed by atoms with E-state index in [9.17, 15) is 14.9 Å². The lowest BCUT2D eigenvalue weighted by atomic mass is 9.79. The van der Waals surface area contributed by atoms with Gasteiger partial charge in [0, 0.05) is 6.04 Å². The molecule has 1 aromatic carbocycles. The lowest BCUT2D eigenvalue weighted by molar-refractivity contribution is -0.385. The number of carbonyl (C=O) groups excluding carboxylic acids is 1. The van der Waals surface area contributed by atoms with E-state index in [-0.39, 0.29) is 22.3 Å². The summed E-state index contributed by atoms with van der Waals surface area (Å²) in [4.78, 5) is 22.8. The summed E-state index contributed by atoms with van der Waals surface area (Å²) in [6, 6.07) is 4.48. The molecular formula is C15H19ClN2O3. The molecule has 5 nitrogen and oxygen atoms in total. The van der Waals surface area contributed by atoms with Gasteiger partial charge >= 0.3 is 5.69 Å². The number of nitro benzene ring substituents is 1. The maximum atomic E-state index is 12.3. The zero-order valence-corrected chi connectivity index (χ0v) is 12.9. The van der Waals surface area contributed by atoms with Crippen LogP contribution in [0.5, 0.6) is 0 Å². The van der Waals surface area contributed by atoms with Crippen molar-refractivity contribution in [2.75, 3.05) is 0 Å². The number of benzene rings is 1. The summed E-state index contributed by atoms with van der Waals surface area (Å²) in [5.74, 6) is 0.771. The maximum absolute atomic E-state index is 12.3. The molecule has 1 saturated carbocycles. The quantitative estimate of drug-likeness (QED) is 0.681. The maximum Gasteiger partial charge on any atom is 0.300 e. The standard InChI is InChI=1S/C15H19ClN2O3/c1-9-6-7-11(8-10(9)2)17-15(19)12-4-3-5-13(16)14(12)18(20)21/h3-5,9-11H,6-8H2,1-2H3,(H,17,19). The van der Waals surface area contributed by atoms with Gasteiger partial charge in [-0.1, -0.05) is 31.5 Å². The molecular weight excluding hydrogens is 292 g/mol. The van der Waals surface area contributed by atoms with Gasteiger partial charge < -0.3 is 5.32 Å². The molecule has 0 radical (unpaired) electrons. The molecule has 114 valence electrons. The average molecular weight is 311 g/mol. The van der Waals surface area contributed by atoms with Crippen molar-refractivity contribution in [2.45, 2.75) is 39.2 Å². The average Bonchev–Trinajstić information content (AvgIpc) is 2.42. The third kappa shape index (κ3) is 3.53. The second-order valence-corrected chi connectivity index (χ2v) is 6.24. The van der Waals surface area contributed by atoms with Gasteiger partial charge in [0.05, 0.1) is 4.92 Å². The number of nitrogens with zero attached hydrogens (tertiary/aromatic N) is 1. The largest absolute Gasteiger partial charge is 0.349 e. The molecule has 1 aliphatic carbocycles. The molecule has 0 aromatic heterocycles. The second-order valence-electron chi connectivity index (χ2n) is 5.83. The first-order valence-electron chi connectivity index (χ1n) is 7.14. The van der Waals surface area contributed by atoms with Crippen LogP contribution in [-0.2, 0) is 0 Å². The van der Waals surface area contributed by atoms with E-state index < -0.39 is 10.8 Å². The highest BCUT2D eigenvalue weighted by atomic mass is 35.5. The monoisotopic (exact) mass is 310 g/mol. The molecule has 1 aromatic rings. The van der Waals surface area contributed by atoms with Crippen LogP contribution in [-0.4, -0.2) is 16.9 Å². The van der Waals surface area contributed by atoms with Gasteiger partial charge in [-0.15, -0.1) is 0 Å². The number of para-hydroxylation sites is 1. The highest BCUT2D eigenvalue weighted by Crippen LogP contribution is 2.31. The van der Waals surface area contributed by atoms with Crippen molar-refractivity contribution in [2.24, 2.45) is 11.8 Å². The van der Waals surface area contributed by atoms with Crippen LogP contribution < -0.4 is 5.32 Å². The van der Waals surface area contributed by atoms with Crippen molar-refractivity contribution in [3.8, 4) is 0 Å². The van der Waals surface area contributed by atoms with E-state index in [0.717, 1.165) is 19.3 Å². The number of nitro groups is 1. The minimum Gasteiger partial charge on any atom is -0.349 e. The number of hydrogen-bond donors (Lipinski definition) is 1. The van der Waals surface area contributed by atoms with Gasteiger partial charge in [-0.2, -0.15) is 0 Å². The van der Waals surface area contributed by atoms with E-state index >= 15 is 0 Å². The van der Waals surface area contributed by atoms with Crippen LogP contribution in [0.3, 0.4) is 0 Å². The van der Waals surface area contributed by atoms with Crippen LogP contribution in [0.2, 0.25) is 5.02 Å². The predicted molar refractivity (Wildman–Crippen MR) is 81.5 cm³/mol. The lowest BCUT2D eigenvalue weighted by Gasteiger charge is -2.32. The van der Waals surface area contributed by atoms with Crippen molar-refractivity contribution in [3.63, 3.8) is 0 Å². The molecule has 1 N–H and O–H groups in total. The van der Waals surface area contributed by atoms with Gasteiger partial charge in [0.2, 0.25) is 0 Å². The van der Waals surface area contributed by atoms with Crippen molar-refractivity contribution < 1.29 is 9.72 Å². The molecule has 3 atom stereocenters. The summed E-state index contributed by atoms with van der Waals surface area (Å²) >= 11 is 5.83. The first-order valence-corrected chi connectivity index (χ1v) is 7.51. The van der Waals surface area contributed by atoms with Gasteiger partial charge in [-0.05, 0) is 43.2 Å². The Labute approximate surface area is 128 Å². The van der Waals surface area contributed by atoms with E-state index in [2.05, 4.69) is 19.2 Å². The fraction of sp³-hybridized carbons (Fsp3) is 0.533. The Morgan fingerprint density at radius 2 is 2.05 bits per heavy atom. The van der Waals surface area contributed by atoms with Crippen LogP contribution in [0, 0.1) is 22.0 Å². The van der Waals surface area contributed by atoms with Crippen molar-refractivity contribution in [1.82, 2.24) is 5.32 Å². The molecule has 0 bridgehead atoms. The molecule has 1 aliphatic rings. The fourth-order valence-electron chi connectivity index (χ4n) is 2.83. The van der Waals surface area contributed by atoms with E-state index in [1.165, 1.54) is 12.1 Å². The highest BCUT2D eigenvalue weighted by molar-refractivity contribution is 6.33. The van der Waals surface area contributed by atoms with Gasteiger partial charge in [-0.25, -0.2) is 0 Å². The van der Waals surface area contributed by atoms with Gasteiger partial charge in [0.1, 0.15) is 10.6 Å². The molecule has 0 spiro atoms. The minimum atomic E-state index is -0.608. The van der Waals surface area contributed by atoms with E-state index in [4.69, 9.17) is 11.6 Å². The second kappa shape index (κ2) is 6.43. The number of rotatable bonds is 3. The summed E-state index contributed by atoms with van der Waals surface area (Å²) in [7, 11) is 0. The molecule has 2 rings (SSSR count). The Kier molecular flexibility index (Phi) is 4.83. The zero-order valence-electron chi connectivity index (χ0n) is 12.1. The van der Waals surface area contributed by atoms with E-state index in [0.29, 0.717) is 11.8 Å². The van der Waals surface area contributed by atoms with Gasteiger partial charge in [0.15, 0.2) is 0 Å². The molecule has 21 heavy (non-hydrogen) atoms. The normalized spacial score (nSPS) is 25.4. The molecule has 1 fully saturated rings. The summed E-state index contributed by atoms with van der Waals surface area (Å²) in [6.07, 6.45) is 2.87. The Bertz CT molecular complexity index is 562. The Morgan fingerprint density at radius 1 is 1.33 bits per heavy atom. The molecule has 3 unspecified atom stereocenters. The number of carbonyl (C=O) groups is 1. The first-order chi connectivity index (χ1) is 9.90. The molecule has 0 aliphatic heterocycles. The smallest absolute Gasteiger partial charge is 0.300 e. The van der Waals surface area contributed by atoms with Crippen LogP contribution >= 0.6 is 11.6 Å². The summed E-state index contributed by atoms with van der Waals surface area (Å²) < 4.78 is 0. The van der Waals surface area contributed by atoms with Gasteiger partial charge in [-0.3, -0.25) is 14.9 Å². The van der Waals surface area contributed by atoms with Crippen LogP contribution in [0.4, 0.5) is 5.69 Å². The Morgan fingerprint density at radius 3 is 2.67 bits per heavy atom. The number of amides is 1. The third-order valence-electron chi connectivity index (χ3n) is 4.35. The van der Waals surface area contributed by atoms with Crippen molar-refractivity contribution in [3.05, 3.63) is 38.9 Å². The summed E-state index contributed by atoms with van der Waals surface area (Å²) in [5, 5.41) is 14.0. The SMILES string of the molecule is CC1CCC(NC(=O)c2cccc(Cl)c2[N+](=O)[O-])CC1C. The first kappa shape index (κ1) is 15.8. The lowest BCUT2D eigenvalue weighted by Crippen LogP contribution is -2.40. The van der Waals surface area contributed by atoms with Crippen LogP contribution in [0.15, 0.2) is 18.2 Å². The van der Waals surface area contributed by atoms with Crippen molar-refractivity contribution in [1.29, 1.82) is 0 Å². The number of hydrogen-bond acceptors (Lipinski definition) is 3. The molecule has 0 saturated heterocycles. The van der Waals surface area contributed by atoms with Crippen LogP contribution in [0.25, 0.3) is 0 Å². The number of halogens is 1. The van der Waals surface area contributed by atoms with Crippen LogP contribution in [0.1, 0.15) is 43.5 Å². The molecule has 0 heterocycles. The highest BCUT2D eigenvalue weighted by Gasteiger charge is 2.28. The third-order valence-corrected chi connectivity index (χ3v) is 4.65. The number of nitrogens with one attached hydrogen (secondary N) is 1. The summed E-state index contributed by atoms with van der Waals surface area (Å²) in [5.41, 5.74) is -0.298. The summed E-state index contributed by atoms with van der Waals surface area (Å²) in [6.45, 7) is 4.38. The van der Waals surface area contributed by atoms with Crippen molar-refractivity contribution >= 4 is 23.2 Å². The Balaban J connectivity index is 2.14. The molecule has 1 amide bonds.